The highest BCUT2D eigenvalue weighted by molar-refractivity contribution is 6.05. The predicted octanol–water partition coefficient (Wildman–Crippen LogP) is 2.71. The maximum Gasteiger partial charge on any atom is 0.257 e. The molecule has 0 unspecified atom stereocenters. The molecule has 0 spiro atoms. The summed E-state index contributed by atoms with van der Waals surface area (Å²) < 4.78 is 10.4. The fraction of sp³-hybridized carbons (Fsp3) is 0.368. The van der Waals surface area contributed by atoms with Crippen LogP contribution in [0.4, 0.5) is 11.5 Å². The summed E-state index contributed by atoms with van der Waals surface area (Å²) in [5.41, 5.74) is 1.05. The van der Waals surface area contributed by atoms with Gasteiger partial charge in [-0.05, 0) is 51.3 Å². The monoisotopic (exact) mass is 358 g/mol. The molecule has 2 rings (SSSR count). The van der Waals surface area contributed by atoms with Crippen molar-refractivity contribution in [1.82, 2.24) is 9.88 Å². The number of nitrogens with one attached hydrogen (secondary N) is 2. The molecule has 1 aromatic heterocycles. The van der Waals surface area contributed by atoms with E-state index in [-0.39, 0.29) is 5.91 Å². The van der Waals surface area contributed by atoms with Crippen molar-refractivity contribution in [2.24, 2.45) is 0 Å². The number of hydrogen-bond acceptors (Lipinski definition) is 6. The van der Waals surface area contributed by atoms with Gasteiger partial charge < -0.3 is 25.0 Å². The van der Waals surface area contributed by atoms with Gasteiger partial charge in [-0.2, -0.15) is 0 Å². The van der Waals surface area contributed by atoms with E-state index in [2.05, 4.69) is 20.5 Å². The Morgan fingerprint density at radius 1 is 1.15 bits per heavy atom. The molecular weight excluding hydrogens is 332 g/mol. The maximum atomic E-state index is 12.4. The molecule has 0 aliphatic heterocycles. The topological polar surface area (TPSA) is 75.7 Å². The molecular formula is C19H26N4O3. The van der Waals surface area contributed by atoms with Gasteiger partial charge in [0.05, 0.1) is 25.5 Å². The van der Waals surface area contributed by atoms with Gasteiger partial charge in [-0.3, -0.25) is 4.79 Å². The van der Waals surface area contributed by atoms with Crippen molar-refractivity contribution in [3.05, 3.63) is 42.1 Å². The molecule has 7 heteroatoms. The first-order valence-corrected chi connectivity index (χ1v) is 8.41. The molecule has 26 heavy (non-hydrogen) atoms. The van der Waals surface area contributed by atoms with Crippen molar-refractivity contribution in [3.8, 4) is 11.5 Å². The van der Waals surface area contributed by atoms with Gasteiger partial charge in [0.25, 0.3) is 5.91 Å². The Morgan fingerprint density at radius 3 is 2.58 bits per heavy atom. The number of anilines is 2. The molecule has 1 aromatic carbocycles. The summed E-state index contributed by atoms with van der Waals surface area (Å²) in [6, 6.07) is 8.76. The number of carbonyl (C=O) groups is 1. The molecule has 1 amide bonds. The quantitative estimate of drug-likeness (QED) is 0.671. The summed E-state index contributed by atoms with van der Waals surface area (Å²) in [5, 5.41) is 6.07. The van der Waals surface area contributed by atoms with Gasteiger partial charge in [-0.1, -0.05) is 0 Å². The summed E-state index contributed by atoms with van der Waals surface area (Å²) in [6.07, 6.45) is 2.58. The zero-order valence-corrected chi connectivity index (χ0v) is 15.7. The maximum absolute atomic E-state index is 12.4. The van der Waals surface area contributed by atoms with Crippen molar-refractivity contribution in [2.75, 3.05) is 52.0 Å². The predicted molar refractivity (Wildman–Crippen MR) is 103 cm³/mol. The number of aromatic nitrogens is 1. The normalized spacial score (nSPS) is 10.5. The molecule has 1 heterocycles. The van der Waals surface area contributed by atoms with Crippen molar-refractivity contribution in [3.63, 3.8) is 0 Å². The van der Waals surface area contributed by atoms with Crippen molar-refractivity contribution < 1.29 is 14.3 Å². The van der Waals surface area contributed by atoms with Crippen LogP contribution in [-0.4, -0.2) is 57.2 Å². The number of nitrogens with zero attached hydrogens (tertiary/aromatic N) is 2. The zero-order chi connectivity index (χ0) is 18.9. The highest BCUT2D eigenvalue weighted by atomic mass is 16.5. The first-order valence-electron chi connectivity index (χ1n) is 8.41. The van der Waals surface area contributed by atoms with Crippen LogP contribution in [0.15, 0.2) is 36.5 Å². The molecule has 140 valence electrons. The molecule has 7 nitrogen and oxygen atoms in total. The van der Waals surface area contributed by atoms with E-state index in [1.807, 2.05) is 14.1 Å². The first-order chi connectivity index (χ1) is 12.5. The van der Waals surface area contributed by atoms with E-state index in [9.17, 15) is 4.79 Å². The lowest BCUT2D eigenvalue weighted by Crippen LogP contribution is -2.17. The number of ether oxygens (including phenoxy) is 2. The smallest absolute Gasteiger partial charge is 0.257 e. The molecule has 0 bridgehead atoms. The summed E-state index contributed by atoms with van der Waals surface area (Å²) in [6.45, 7) is 1.84. The van der Waals surface area contributed by atoms with E-state index in [0.717, 1.165) is 25.3 Å². The van der Waals surface area contributed by atoms with Gasteiger partial charge in [0.2, 0.25) is 0 Å². The third-order valence-corrected chi connectivity index (χ3v) is 3.77. The Morgan fingerprint density at radius 2 is 1.96 bits per heavy atom. The van der Waals surface area contributed by atoms with E-state index in [0.29, 0.717) is 22.7 Å². The largest absolute Gasteiger partial charge is 0.497 e. The number of carbonyl (C=O) groups excluding carboxylic acids is 1. The lowest BCUT2D eigenvalue weighted by atomic mass is 10.2. The van der Waals surface area contributed by atoms with Crippen LogP contribution in [0, 0.1) is 0 Å². The van der Waals surface area contributed by atoms with Crippen LogP contribution in [0.3, 0.4) is 0 Å². The highest BCUT2D eigenvalue weighted by Crippen LogP contribution is 2.29. The van der Waals surface area contributed by atoms with Crippen LogP contribution in [0.25, 0.3) is 0 Å². The molecule has 2 aromatic rings. The zero-order valence-electron chi connectivity index (χ0n) is 15.7. The number of hydrogen-bond donors (Lipinski definition) is 2. The summed E-state index contributed by atoms with van der Waals surface area (Å²) in [4.78, 5) is 18.8. The Labute approximate surface area is 154 Å². The molecule has 2 N–H and O–H groups in total. The van der Waals surface area contributed by atoms with Gasteiger partial charge in [0, 0.05) is 18.8 Å². The Bertz CT molecular complexity index is 717. The number of amides is 1. The van der Waals surface area contributed by atoms with Crippen molar-refractivity contribution >= 4 is 17.4 Å². The van der Waals surface area contributed by atoms with Crippen LogP contribution in [0.2, 0.25) is 0 Å². The minimum atomic E-state index is -0.250. The molecule has 0 aliphatic carbocycles. The molecule has 0 atom stereocenters. The second-order valence-corrected chi connectivity index (χ2v) is 6.04. The van der Waals surface area contributed by atoms with Gasteiger partial charge in [-0.15, -0.1) is 0 Å². The molecule has 0 aliphatic rings. The van der Waals surface area contributed by atoms with Crippen LogP contribution < -0.4 is 20.1 Å². The lowest BCUT2D eigenvalue weighted by molar-refractivity contribution is 0.102. The van der Waals surface area contributed by atoms with E-state index >= 15 is 0 Å². The summed E-state index contributed by atoms with van der Waals surface area (Å²) in [7, 11) is 7.21. The lowest BCUT2D eigenvalue weighted by Gasteiger charge is -2.12. The summed E-state index contributed by atoms with van der Waals surface area (Å²) >= 11 is 0. The van der Waals surface area contributed by atoms with Crippen molar-refractivity contribution in [1.29, 1.82) is 0 Å². The van der Waals surface area contributed by atoms with Gasteiger partial charge >= 0.3 is 0 Å². The van der Waals surface area contributed by atoms with Crippen LogP contribution in [0.1, 0.15) is 16.8 Å². The van der Waals surface area contributed by atoms with Crippen LogP contribution >= 0.6 is 0 Å². The minimum absolute atomic E-state index is 0.250. The average molecular weight is 358 g/mol. The van der Waals surface area contributed by atoms with E-state index < -0.39 is 0 Å². The van der Waals surface area contributed by atoms with Gasteiger partial charge in [0.15, 0.2) is 0 Å². The number of rotatable bonds is 9. The van der Waals surface area contributed by atoms with Gasteiger partial charge in [0.1, 0.15) is 17.3 Å². The standard InChI is InChI=1S/C19H26N4O3/c1-23(2)11-5-10-20-18-9-6-14(13-21-18)19(24)22-16-8-7-15(25-3)12-17(16)26-4/h6-9,12-13H,5,10-11H2,1-4H3,(H,20,21)(H,22,24). The second kappa shape index (κ2) is 9.62. The molecule has 0 saturated carbocycles. The molecule has 0 radical (unpaired) electrons. The van der Waals surface area contributed by atoms with Crippen LogP contribution in [0.5, 0.6) is 11.5 Å². The fourth-order valence-electron chi connectivity index (χ4n) is 2.34. The average Bonchev–Trinajstić information content (AvgIpc) is 2.65. The highest BCUT2D eigenvalue weighted by Gasteiger charge is 2.11. The number of benzene rings is 1. The van der Waals surface area contributed by atoms with Gasteiger partial charge in [-0.25, -0.2) is 4.98 Å². The third-order valence-electron chi connectivity index (χ3n) is 3.77. The van der Waals surface area contributed by atoms with E-state index in [1.165, 1.54) is 0 Å². The number of methoxy groups -OCH3 is 2. The number of pyridine rings is 1. The second-order valence-electron chi connectivity index (χ2n) is 6.04. The van der Waals surface area contributed by atoms with E-state index in [4.69, 9.17) is 9.47 Å². The Hall–Kier alpha value is -2.80. The SMILES string of the molecule is COc1ccc(NC(=O)c2ccc(NCCCN(C)C)nc2)c(OC)c1. The fourth-order valence-corrected chi connectivity index (χ4v) is 2.34. The molecule has 0 saturated heterocycles. The third kappa shape index (κ3) is 5.63. The molecule has 0 fully saturated rings. The first kappa shape index (κ1) is 19.5. The summed E-state index contributed by atoms with van der Waals surface area (Å²) in [5.74, 6) is 1.69. The Balaban J connectivity index is 1.95. The van der Waals surface area contributed by atoms with E-state index in [1.54, 1.807) is 50.7 Å². The van der Waals surface area contributed by atoms with Crippen molar-refractivity contribution in [2.45, 2.75) is 6.42 Å². The Kier molecular flexibility index (Phi) is 7.23. The van der Waals surface area contributed by atoms with Crippen LogP contribution in [-0.2, 0) is 0 Å². The minimum Gasteiger partial charge on any atom is -0.497 e.